The summed E-state index contributed by atoms with van der Waals surface area (Å²) in [7, 11) is 0. The van der Waals surface area contributed by atoms with E-state index in [9.17, 15) is 4.39 Å². The molecule has 0 radical (unpaired) electrons. The predicted octanol–water partition coefficient (Wildman–Crippen LogP) is 1.44. The normalized spacial score (nSPS) is 12.1. The van der Waals surface area contributed by atoms with Crippen LogP contribution < -0.4 is 5.73 Å². The summed E-state index contributed by atoms with van der Waals surface area (Å²) < 4.78 is 12.6. The van der Waals surface area contributed by atoms with Crippen LogP contribution in [-0.4, -0.2) is 5.11 Å². The Hall–Kier alpha value is -1.60. The fourth-order valence-corrected chi connectivity index (χ4v) is 0.977. The molecule has 0 aliphatic carbocycles. The third kappa shape index (κ3) is 2.17. The van der Waals surface area contributed by atoms with E-state index >= 15 is 0 Å². The highest BCUT2D eigenvalue weighted by atomic mass is 19.1. The third-order valence-electron chi connectivity index (χ3n) is 1.71. The fraction of sp³-hybridized carbons (Fsp3) is 0.222. The highest BCUT2D eigenvalue weighted by molar-refractivity contribution is 5.31. The molecule has 1 aromatic carbocycles. The molecule has 0 saturated carbocycles. The molecule has 1 atom stereocenters. The van der Waals surface area contributed by atoms with Crippen molar-refractivity contribution in [3.05, 3.63) is 29.6 Å². The van der Waals surface area contributed by atoms with E-state index in [1.54, 1.807) is 0 Å². The first kappa shape index (κ1) is 9.49. The van der Waals surface area contributed by atoms with Gasteiger partial charge in [-0.05, 0) is 17.7 Å². The predicted molar refractivity (Wildman–Crippen MR) is 45.2 cm³/mol. The van der Waals surface area contributed by atoms with Gasteiger partial charge in [-0.3, -0.25) is 0 Å². The van der Waals surface area contributed by atoms with E-state index in [2.05, 4.69) is 0 Å². The number of halogens is 1. The second-order valence-electron chi connectivity index (χ2n) is 2.68. The molecule has 1 rings (SSSR count). The van der Waals surface area contributed by atoms with Crippen molar-refractivity contribution < 1.29 is 9.50 Å². The van der Waals surface area contributed by atoms with Gasteiger partial charge in [0.15, 0.2) is 11.6 Å². The van der Waals surface area contributed by atoms with Crippen LogP contribution in [-0.2, 0) is 0 Å². The lowest BCUT2D eigenvalue weighted by molar-refractivity contribution is 0.431. The van der Waals surface area contributed by atoms with Crippen LogP contribution in [0.2, 0.25) is 0 Å². The molecule has 0 bridgehead atoms. The van der Waals surface area contributed by atoms with Crippen LogP contribution in [0.1, 0.15) is 18.0 Å². The molecule has 0 aliphatic heterocycles. The molecule has 0 aliphatic rings. The Kier molecular flexibility index (Phi) is 2.83. The first-order valence-corrected chi connectivity index (χ1v) is 3.76. The molecule has 0 heterocycles. The van der Waals surface area contributed by atoms with Crippen LogP contribution >= 0.6 is 0 Å². The van der Waals surface area contributed by atoms with Crippen molar-refractivity contribution in [1.29, 1.82) is 5.26 Å². The van der Waals surface area contributed by atoms with Gasteiger partial charge in [0.1, 0.15) is 0 Å². The summed E-state index contributed by atoms with van der Waals surface area (Å²) >= 11 is 0. The minimum Gasteiger partial charge on any atom is -0.505 e. The molecule has 68 valence electrons. The van der Waals surface area contributed by atoms with Gasteiger partial charge in [0.2, 0.25) is 0 Å². The smallest absolute Gasteiger partial charge is 0.164 e. The number of phenolic OH excluding ortho intramolecular Hbond substituents is 1. The lowest BCUT2D eigenvalue weighted by atomic mass is 10.1. The Labute approximate surface area is 75.2 Å². The maximum Gasteiger partial charge on any atom is 0.164 e. The Balaban J connectivity index is 2.91. The van der Waals surface area contributed by atoms with E-state index in [1.165, 1.54) is 12.1 Å². The summed E-state index contributed by atoms with van der Waals surface area (Å²) in [6, 6.07) is 5.24. The molecule has 3 nitrogen and oxygen atoms in total. The average molecular weight is 180 g/mol. The summed E-state index contributed by atoms with van der Waals surface area (Å²) in [5.74, 6) is -1.13. The number of benzene rings is 1. The molecular weight excluding hydrogens is 171 g/mol. The van der Waals surface area contributed by atoms with Crippen molar-refractivity contribution in [3.8, 4) is 11.8 Å². The van der Waals surface area contributed by atoms with Crippen LogP contribution in [0.15, 0.2) is 18.2 Å². The first-order chi connectivity index (χ1) is 6.15. The molecule has 0 spiro atoms. The molecule has 0 fully saturated rings. The maximum absolute atomic E-state index is 12.6. The Morgan fingerprint density at radius 2 is 2.31 bits per heavy atom. The third-order valence-corrected chi connectivity index (χ3v) is 1.71. The first-order valence-electron chi connectivity index (χ1n) is 3.76. The van der Waals surface area contributed by atoms with E-state index in [1.807, 2.05) is 6.07 Å². The van der Waals surface area contributed by atoms with Crippen molar-refractivity contribution in [3.63, 3.8) is 0 Å². The number of nitrogens with zero attached hydrogens (tertiary/aromatic N) is 1. The van der Waals surface area contributed by atoms with Crippen LogP contribution in [0.3, 0.4) is 0 Å². The standard InChI is InChI=1S/C9H9FN2O/c10-7-2-1-6(5-9(7)13)8(12)3-4-11/h1-2,5,8,13H,3,12H2/t8-/m0/s1. The maximum atomic E-state index is 12.6. The summed E-state index contributed by atoms with van der Waals surface area (Å²) in [5, 5.41) is 17.4. The van der Waals surface area contributed by atoms with Gasteiger partial charge in [-0.2, -0.15) is 5.26 Å². The Morgan fingerprint density at radius 1 is 1.62 bits per heavy atom. The van der Waals surface area contributed by atoms with Gasteiger partial charge in [0.05, 0.1) is 12.5 Å². The van der Waals surface area contributed by atoms with Crippen LogP contribution in [0, 0.1) is 17.1 Å². The van der Waals surface area contributed by atoms with Gasteiger partial charge in [-0.1, -0.05) is 6.07 Å². The van der Waals surface area contributed by atoms with E-state index in [0.29, 0.717) is 5.56 Å². The zero-order valence-electron chi connectivity index (χ0n) is 6.87. The lowest BCUT2D eigenvalue weighted by Gasteiger charge is -2.07. The van der Waals surface area contributed by atoms with Crippen molar-refractivity contribution >= 4 is 0 Å². The minimum atomic E-state index is -0.687. The fourth-order valence-electron chi connectivity index (χ4n) is 0.977. The number of nitrogens with two attached hydrogens (primary N) is 1. The van der Waals surface area contributed by atoms with Gasteiger partial charge in [0.25, 0.3) is 0 Å². The van der Waals surface area contributed by atoms with Gasteiger partial charge in [-0.15, -0.1) is 0 Å². The number of nitriles is 1. The van der Waals surface area contributed by atoms with Gasteiger partial charge >= 0.3 is 0 Å². The number of rotatable bonds is 2. The number of hydrogen-bond acceptors (Lipinski definition) is 3. The summed E-state index contributed by atoms with van der Waals surface area (Å²) in [5.41, 5.74) is 6.12. The topological polar surface area (TPSA) is 70.0 Å². The SMILES string of the molecule is N#CC[C@H](N)c1ccc(F)c(O)c1. The van der Waals surface area contributed by atoms with Crippen molar-refractivity contribution in [1.82, 2.24) is 0 Å². The average Bonchev–Trinajstić information content (AvgIpc) is 2.10. The second kappa shape index (κ2) is 3.87. The number of hydrogen-bond donors (Lipinski definition) is 2. The van der Waals surface area contributed by atoms with E-state index in [0.717, 1.165) is 6.07 Å². The van der Waals surface area contributed by atoms with Crippen LogP contribution in [0.25, 0.3) is 0 Å². The van der Waals surface area contributed by atoms with Crippen molar-refractivity contribution in [2.45, 2.75) is 12.5 Å². The molecule has 0 unspecified atom stereocenters. The number of phenols is 1. The molecule has 3 N–H and O–H groups in total. The molecule has 0 saturated heterocycles. The zero-order chi connectivity index (χ0) is 9.84. The molecule has 13 heavy (non-hydrogen) atoms. The highest BCUT2D eigenvalue weighted by Crippen LogP contribution is 2.21. The molecular formula is C9H9FN2O. The lowest BCUT2D eigenvalue weighted by Crippen LogP contribution is -2.08. The van der Waals surface area contributed by atoms with Gasteiger partial charge in [-0.25, -0.2) is 4.39 Å². The highest BCUT2D eigenvalue weighted by Gasteiger charge is 2.08. The number of aromatic hydroxyl groups is 1. The van der Waals surface area contributed by atoms with E-state index in [-0.39, 0.29) is 6.42 Å². The summed E-state index contributed by atoms with van der Waals surface area (Å²) in [6.45, 7) is 0. The Bertz CT molecular complexity index is 346. The van der Waals surface area contributed by atoms with Crippen LogP contribution in [0.4, 0.5) is 4.39 Å². The van der Waals surface area contributed by atoms with E-state index < -0.39 is 17.6 Å². The molecule has 0 aromatic heterocycles. The Morgan fingerprint density at radius 3 is 2.85 bits per heavy atom. The van der Waals surface area contributed by atoms with Crippen LogP contribution in [0.5, 0.6) is 5.75 Å². The van der Waals surface area contributed by atoms with E-state index in [4.69, 9.17) is 16.1 Å². The van der Waals surface area contributed by atoms with Gasteiger partial charge < -0.3 is 10.8 Å². The minimum absolute atomic E-state index is 0.144. The second-order valence-corrected chi connectivity index (χ2v) is 2.68. The van der Waals surface area contributed by atoms with Crippen molar-refractivity contribution in [2.75, 3.05) is 0 Å². The summed E-state index contributed by atoms with van der Waals surface area (Å²) in [4.78, 5) is 0. The largest absolute Gasteiger partial charge is 0.505 e. The summed E-state index contributed by atoms with van der Waals surface area (Å²) in [6.07, 6.45) is 0.144. The molecule has 4 heteroatoms. The van der Waals surface area contributed by atoms with Crippen molar-refractivity contribution in [2.24, 2.45) is 5.73 Å². The monoisotopic (exact) mass is 180 g/mol. The molecule has 1 aromatic rings. The quantitative estimate of drug-likeness (QED) is 0.723. The van der Waals surface area contributed by atoms with Gasteiger partial charge in [0, 0.05) is 6.04 Å². The molecule has 0 amide bonds. The zero-order valence-corrected chi connectivity index (χ0v) is 6.87.